The smallest absolute Gasteiger partial charge is 0.255 e. The van der Waals surface area contributed by atoms with Crippen LogP contribution in [-0.2, 0) is 0 Å². The van der Waals surface area contributed by atoms with Crippen molar-refractivity contribution in [2.24, 2.45) is 0 Å². The van der Waals surface area contributed by atoms with Crippen molar-refractivity contribution >= 4 is 34.8 Å². The number of nitrogens with zero attached hydrogens (tertiary/aromatic N) is 3. The molecule has 1 fully saturated rings. The predicted molar refractivity (Wildman–Crippen MR) is 98.2 cm³/mol. The highest BCUT2D eigenvalue weighted by Gasteiger charge is 2.22. The van der Waals surface area contributed by atoms with Crippen molar-refractivity contribution in [1.29, 1.82) is 0 Å². The van der Waals surface area contributed by atoms with Crippen LogP contribution >= 0.6 is 23.2 Å². The number of amides is 1. The fourth-order valence-electron chi connectivity index (χ4n) is 3.00. The van der Waals surface area contributed by atoms with Gasteiger partial charge in [-0.1, -0.05) is 35.3 Å². The summed E-state index contributed by atoms with van der Waals surface area (Å²) in [7, 11) is 0. The summed E-state index contributed by atoms with van der Waals surface area (Å²) in [5.41, 5.74) is 2.31. The van der Waals surface area contributed by atoms with E-state index in [4.69, 9.17) is 23.2 Å². The molecule has 24 heavy (non-hydrogen) atoms. The minimum Gasteiger partial charge on any atom is -0.368 e. The molecule has 0 N–H and O–H groups in total. The number of anilines is 1. The summed E-state index contributed by atoms with van der Waals surface area (Å²) in [6.45, 7) is 4.84. The lowest BCUT2D eigenvalue weighted by Gasteiger charge is -2.24. The molecule has 1 aromatic carbocycles. The fourth-order valence-corrected chi connectivity index (χ4v) is 3.44. The van der Waals surface area contributed by atoms with Gasteiger partial charge in [0.25, 0.3) is 5.91 Å². The number of halogens is 2. The van der Waals surface area contributed by atoms with Crippen molar-refractivity contribution in [3.63, 3.8) is 0 Å². The molecule has 0 aliphatic carbocycles. The second kappa shape index (κ2) is 7.41. The molecule has 0 saturated carbocycles. The Hall–Kier alpha value is -1.78. The normalized spacial score (nSPS) is 15.3. The van der Waals surface area contributed by atoms with Gasteiger partial charge in [0.1, 0.15) is 5.15 Å². The van der Waals surface area contributed by atoms with E-state index < -0.39 is 0 Å². The molecule has 0 unspecified atom stereocenters. The van der Waals surface area contributed by atoms with Gasteiger partial charge in [-0.3, -0.25) is 4.79 Å². The molecule has 0 radical (unpaired) electrons. The first-order chi connectivity index (χ1) is 11.6. The Kier molecular flexibility index (Phi) is 5.27. The molecule has 6 heteroatoms. The Labute approximate surface area is 152 Å². The number of hydrogen-bond acceptors (Lipinski definition) is 3. The van der Waals surface area contributed by atoms with Crippen molar-refractivity contribution in [1.82, 2.24) is 9.88 Å². The van der Waals surface area contributed by atoms with Gasteiger partial charge >= 0.3 is 0 Å². The maximum absolute atomic E-state index is 12.8. The monoisotopic (exact) mass is 363 g/mol. The molecule has 1 aliphatic rings. The first-order valence-corrected chi connectivity index (χ1v) is 8.74. The molecule has 0 spiro atoms. The van der Waals surface area contributed by atoms with Gasteiger partial charge in [0.2, 0.25) is 0 Å². The highest BCUT2D eigenvalue weighted by molar-refractivity contribution is 6.33. The Morgan fingerprint density at radius 3 is 2.58 bits per heavy atom. The van der Waals surface area contributed by atoms with Crippen LogP contribution in [0.3, 0.4) is 0 Å². The van der Waals surface area contributed by atoms with Crippen molar-refractivity contribution in [3.8, 4) is 0 Å². The predicted octanol–water partition coefficient (Wildman–Crippen LogP) is 4.05. The molecule has 4 nitrogen and oxygen atoms in total. The number of aromatic nitrogens is 1. The second-order valence-electron chi connectivity index (χ2n) is 5.85. The number of aryl methyl sites for hydroxylation is 1. The summed E-state index contributed by atoms with van der Waals surface area (Å²) in [5.74, 6) is 0.0117. The van der Waals surface area contributed by atoms with Crippen LogP contribution in [0.4, 0.5) is 5.69 Å². The first kappa shape index (κ1) is 17.1. The molecular formula is C18H19Cl2N3O. The van der Waals surface area contributed by atoms with Crippen molar-refractivity contribution in [3.05, 3.63) is 57.8 Å². The van der Waals surface area contributed by atoms with Crippen LogP contribution < -0.4 is 4.90 Å². The van der Waals surface area contributed by atoms with Gasteiger partial charge < -0.3 is 9.80 Å². The SMILES string of the molecule is Cc1nc(Cl)ccc1C(=O)N1CCCN(c2ccccc2Cl)CC1. The van der Waals surface area contributed by atoms with Gasteiger partial charge in [-0.05, 0) is 37.6 Å². The Balaban J connectivity index is 1.73. The van der Waals surface area contributed by atoms with E-state index in [2.05, 4.69) is 9.88 Å². The number of carbonyl (C=O) groups is 1. The first-order valence-electron chi connectivity index (χ1n) is 7.98. The summed E-state index contributed by atoms with van der Waals surface area (Å²) in [6.07, 6.45) is 0.900. The fraction of sp³-hybridized carbons (Fsp3) is 0.333. The molecule has 0 bridgehead atoms. The minimum absolute atomic E-state index is 0.0117. The van der Waals surface area contributed by atoms with E-state index in [1.807, 2.05) is 36.1 Å². The molecule has 0 atom stereocenters. The molecule has 3 rings (SSSR count). The Morgan fingerprint density at radius 1 is 1.04 bits per heavy atom. The van der Waals surface area contributed by atoms with E-state index in [9.17, 15) is 4.79 Å². The van der Waals surface area contributed by atoms with E-state index in [0.29, 0.717) is 23.0 Å². The summed E-state index contributed by atoms with van der Waals surface area (Å²) in [4.78, 5) is 21.1. The zero-order valence-electron chi connectivity index (χ0n) is 13.5. The summed E-state index contributed by atoms with van der Waals surface area (Å²) < 4.78 is 0. The Morgan fingerprint density at radius 2 is 1.83 bits per heavy atom. The molecule has 1 aromatic heterocycles. The highest BCUT2D eigenvalue weighted by Crippen LogP contribution is 2.26. The molecule has 1 saturated heterocycles. The number of rotatable bonds is 2. The van der Waals surface area contributed by atoms with E-state index in [-0.39, 0.29) is 5.91 Å². The zero-order valence-corrected chi connectivity index (χ0v) is 15.0. The maximum Gasteiger partial charge on any atom is 0.255 e. The average Bonchev–Trinajstić information content (AvgIpc) is 2.81. The van der Waals surface area contributed by atoms with Gasteiger partial charge in [-0.2, -0.15) is 0 Å². The van der Waals surface area contributed by atoms with E-state index in [1.165, 1.54) is 0 Å². The number of para-hydroxylation sites is 1. The van der Waals surface area contributed by atoms with Gasteiger partial charge in [0.05, 0.1) is 22.0 Å². The van der Waals surface area contributed by atoms with E-state index in [1.54, 1.807) is 12.1 Å². The van der Waals surface area contributed by atoms with Gasteiger partial charge in [-0.25, -0.2) is 4.98 Å². The standard InChI is InChI=1S/C18H19Cl2N3O/c1-13-14(7-8-17(20)21-13)18(24)23-10-4-9-22(11-12-23)16-6-3-2-5-15(16)19/h2-3,5-8H,4,9-12H2,1H3. The third-order valence-corrected chi connectivity index (χ3v) is 4.79. The average molecular weight is 364 g/mol. The van der Waals surface area contributed by atoms with Crippen LogP contribution in [0, 0.1) is 6.92 Å². The second-order valence-corrected chi connectivity index (χ2v) is 6.65. The van der Waals surface area contributed by atoms with Crippen LogP contribution in [0.25, 0.3) is 0 Å². The van der Waals surface area contributed by atoms with Crippen LogP contribution in [0.2, 0.25) is 10.2 Å². The van der Waals surface area contributed by atoms with E-state index >= 15 is 0 Å². The van der Waals surface area contributed by atoms with Crippen molar-refractivity contribution in [2.75, 3.05) is 31.1 Å². The molecule has 126 valence electrons. The summed E-state index contributed by atoms with van der Waals surface area (Å²) >= 11 is 12.2. The van der Waals surface area contributed by atoms with Crippen molar-refractivity contribution < 1.29 is 4.79 Å². The molecule has 1 amide bonds. The molecule has 1 aliphatic heterocycles. The number of benzene rings is 1. The lowest BCUT2D eigenvalue weighted by Crippen LogP contribution is -2.35. The maximum atomic E-state index is 12.8. The van der Waals surface area contributed by atoms with Gasteiger partial charge in [0.15, 0.2) is 0 Å². The zero-order chi connectivity index (χ0) is 17.1. The third-order valence-electron chi connectivity index (χ3n) is 4.26. The van der Waals surface area contributed by atoms with Gasteiger partial charge in [0, 0.05) is 26.2 Å². The molecule has 2 heterocycles. The van der Waals surface area contributed by atoms with Gasteiger partial charge in [-0.15, -0.1) is 0 Å². The quantitative estimate of drug-likeness (QED) is 0.755. The van der Waals surface area contributed by atoms with E-state index in [0.717, 1.165) is 36.8 Å². The number of carbonyl (C=O) groups excluding carboxylic acids is 1. The topological polar surface area (TPSA) is 36.4 Å². The number of hydrogen-bond donors (Lipinski definition) is 0. The highest BCUT2D eigenvalue weighted by atomic mass is 35.5. The lowest BCUT2D eigenvalue weighted by molar-refractivity contribution is 0.0766. The van der Waals surface area contributed by atoms with Crippen LogP contribution in [0.5, 0.6) is 0 Å². The molecule has 2 aromatic rings. The summed E-state index contributed by atoms with van der Waals surface area (Å²) in [6, 6.07) is 11.2. The molecular weight excluding hydrogens is 345 g/mol. The summed E-state index contributed by atoms with van der Waals surface area (Å²) in [5, 5.41) is 1.15. The number of pyridine rings is 1. The lowest BCUT2D eigenvalue weighted by atomic mass is 10.1. The van der Waals surface area contributed by atoms with Crippen LogP contribution in [0.15, 0.2) is 36.4 Å². The largest absolute Gasteiger partial charge is 0.368 e. The Bertz CT molecular complexity index is 751. The van der Waals surface area contributed by atoms with Crippen molar-refractivity contribution in [2.45, 2.75) is 13.3 Å². The van der Waals surface area contributed by atoms with Crippen LogP contribution in [-0.4, -0.2) is 42.0 Å². The minimum atomic E-state index is 0.0117. The van der Waals surface area contributed by atoms with Crippen LogP contribution in [0.1, 0.15) is 22.5 Å². The third kappa shape index (κ3) is 3.65.